The van der Waals surface area contributed by atoms with Crippen LogP contribution in [0, 0.1) is 28.4 Å². The highest BCUT2D eigenvalue weighted by atomic mass is 16.6. The molecule has 5 nitrogen and oxygen atoms in total. The SMILES string of the molecule is Cc1cc(Oc2ccccc2[N+](=O)[O-])ccc1C#N. The molecule has 0 aliphatic carbocycles. The first-order chi connectivity index (χ1) is 9.11. The van der Waals surface area contributed by atoms with Gasteiger partial charge < -0.3 is 4.74 Å². The molecule has 0 N–H and O–H groups in total. The minimum absolute atomic E-state index is 0.0930. The quantitative estimate of drug-likeness (QED) is 0.619. The first-order valence-corrected chi connectivity index (χ1v) is 5.54. The molecule has 2 aromatic carbocycles. The molecule has 2 aromatic rings. The Bertz CT molecular complexity index is 675. The number of nitriles is 1. The Morgan fingerprint density at radius 1 is 1.26 bits per heavy atom. The zero-order chi connectivity index (χ0) is 13.8. The number of nitrogens with zero attached hydrogens (tertiary/aromatic N) is 2. The van der Waals surface area contributed by atoms with Crippen molar-refractivity contribution >= 4 is 5.69 Å². The van der Waals surface area contributed by atoms with E-state index in [2.05, 4.69) is 6.07 Å². The lowest BCUT2D eigenvalue weighted by atomic mass is 10.1. The van der Waals surface area contributed by atoms with E-state index < -0.39 is 4.92 Å². The van der Waals surface area contributed by atoms with E-state index in [4.69, 9.17) is 10.00 Å². The van der Waals surface area contributed by atoms with Gasteiger partial charge in [-0.15, -0.1) is 0 Å². The van der Waals surface area contributed by atoms with E-state index in [0.717, 1.165) is 5.56 Å². The van der Waals surface area contributed by atoms with Crippen LogP contribution in [0.4, 0.5) is 5.69 Å². The maximum atomic E-state index is 10.9. The number of hydrogen-bond donors (Lipinski definition) is 0. The number of nitro groups is 1. The van der Waals surface area contributed by atoms with Crippen LogP contribution in [0.3, 0.4) is 0 Å². The van der Waals surface area contributed by atoms with Crippen molar-refractivity contribution < 1.29 is 9.66 Å². The smallest absolute Gasteiger partial charge is 0.311 e. The molecule has 19 heavy (non-hydrogen) atoms. The summed E-state index contributed by atoms with van der Waals surface area (Å²) in [6.07, 6.45) is 0. The van der Waals surface area contributed by atoms with Gasteiger partial charge in [0, 0.05) is 6.07 Å². The van der Waals surface area contributed by atoms with Crippen LogP contribution in [0.2, 0.25) is 0 Å². The number of hydrogen-bond acceptors (Lipinski definition) is 4. The van der Waals surface area contributed by atoms with Gasteiger partial charge in [-0.05, 0) is 36.8 Å². The van der Waals surface area contributed by atoms with E-state index in [1.807, 2.05) is 0 Å². The lowest BCUT2D eigenvalue weighted by Crippen LogP contribution is -1.93. The van der Waals surface area contributed by atoms with Gasteiger partial charge >= 0.3 is 5.69 Å². The molecule has 0 heterocycles. The van der Waals surface area contributed by atoms with E-state index in [1.54, 1.807) is 37.3 Å². The summed E-state index contributed by atoms with van der Waals surface area (Å²) in [5, 5.41) is 19.7. The van der Waals surface area contributed by atoms with Crippen LogP contribution in [0.25, 0.3) is 0 Å². The van der Waals surface area contributed by atoms with Crippen LogP contribution in [-0.2, 0) is 0 Å². The van der Waals surface area contributed by atoms with Crippen LogP contribution in [-0.4, -0.2) is 4.92 Å². The molecule has 0 saturated carbocycles. The fourth-order valence-electron chi connectivity index (χ4n) is 1.65. The average Bonchev–Trinajstić information content (AvgIpc) is 2.39. The van der Waals surface area contributed by atoms with Crippen molar-refractivity contribution in [2.75, 3.05) is 0 Å². The molecule has 2 rings (SSSR count). The van der Waals surface area contributed by atoms with Crippen LogP contribution in [0.1, 0.15) is 11.1 Å². The number of benzene rings is 2. The Morgan fingerprint density at radius 3 is 2.63 bits per heavy atom. The monoisotopic (exact) mass is 254 g/mol. The number of para-hydroxylation sites is 2. The van der Waals surface area contributed by atoms with Crippen molar-refractivity contribution in [3.05, 3.63) is 63.7 Å². The second kappa shape index (κ2) is 5.19. The van der Waals surface area contributed by atoms with Gasteiger partial charge in [0.2, 0.25) is 5.75 Å². The second-order valence-electron chi connectivity index (χ2n) is 3.92. The molecule has 0 unspecified atom stereocenters. The van der Waals surface area contributed by atoms with Crippen LogP contribution >= 0.6 is 0 Å². The molecule has 94 valence electrons. The first kappa shape index (κ1) is 12.6. The van der Waals surface area contributed by atoms with Gasteiger partial charge in [-0.25, -0.2) is 0 Å². The van der Waals surface area contributed by atoms with Crippen molar-refractivity contribution in [2.45, 2.75) is 6.92 Å². The van der Waals surface area contributed by atoms with Gasteiger partial charge in [0.25, 0.3) is 0 Å². The zero-order valence-corrected chi connectivity index (χ0v) is 10.2. The van der Waals surface area contributed by atoms with Crippen molar-refractivity contribution in [2.24, 2.45) is 0 Å². The highest BCUT2D eigenvalue weighted by Crippen LogP contribution is 2.31. The molecular weight excluding hydrogens is 244 g/mol. The second-order valence-corrected chi connectivity index (χ2v) is 3.92. The highest BCUT2D eigenvalue weighted by Gasteiger charge is 2.14. The molecule has 0 atom stereocenters. The third-order valence-electron chi connectivity index (χ3n) is 2.61. The Balaban J connectivity index is 2.34. The third kappa shape index (κ3) is 2.69. The van der Waals surface area contributed by atoms with Crippen molar-refractivity contribution in [3.63, 3.8) is 0 Å². The van der Waals surface area contributed by atoms with Crippen molar-refractivity contribution in [1.29, 1.82) is 5.26 Å². The van der Waals surface area contributed by atoms with Crippen LogP contribution in [0.15, 0.2) is 42.5 Å². The maximum Gasteiger partial charge on any atom is 0.311 e. The number of nitro benzene ring substituents is 1. The number of aryl methyl sites for hydroxylation is 1. The molecule has 0 aromatic heterocycles. The molecule has 0 radical (unpaired) electrons. The van der Waals surface area contributed by atoms with Crippen molar-refractivity contribution in [1.82, 2.24) is 0 Å². The number of rotatable bonds is 3. The van der Waals surface area contributed by atoms with Crippen LogP contribution in [0.5, 0.6) is 11.5 Å². The molecule has 0 saturated heterocycles. The normalized spacial score (nSPS) is 9.68. The van der Waals surface area contributed by atoms with E-state index in [9.17, 15) is 10.1 Å². The predicted octanol–water partition coefficient (Wildman–Crippen LogP) is 3.57. The third-order valence-corrected chi connectivity index (χ3v) is 2.61. The average molecular weight is 254 g/mol. The first-order valence-electron chi connectivity index (χ1n) is 5.54. The fraction of sp³-hybridized carbons (Fsp3) is 0.0714. The topological polar surface area (TPSA) is 76.2 Å². The summed E-state index contributed by atoms with van der Waals surface area (Å²) >= 11 is 0. The Morgan fingerprint density at radius 2 is 2.00 bits per heavy atom. The summed E-state index contributed by atoms with van der Waals surface area (Å²) < 4.78 is 5.50. The number of ether oxygens (including phenoxy) is 1. The lowest BCUT2D eigenvalue weighted by molar-refractivity contribution is -0.385. The molecule has 0 bridgehead atoms. The van der Waals surface area contributed by atoms with E-state index in [0.29, 0.717) is 11.3 Å². The fourth-order valence-corrected chi connectivity index (χ4v) is 1.65. The summed E-state index contributed by atoms with van der Waals surface area (Å²) in [4.78, 5) is 10.4. The Hall–Kier alpha value is -2.87. The van der Waals surface area contributed by atoms with Gasteiger partial charge in [0.15, 0.2) is 0 Å². The lowest BCUT2D eigenvalue weighted by Gasteiger charge is -2.07. The summed E-state index contributed by atoms with van der Waals surface area (Å²) in [6.45, 7) is 1.78. The largest absolute Gasteiger partial charge is 0.450 e. The Labute approximate surface area is 109 Å². The van der Waals surface area contributed by atoms with Crippen LogP contribution < -0.4 is 4.74 Å². The molecule has 0 fully saturated rings. The van der Waals surface area contributed by atoms with Gasteiger partial charge in [-0.3, -0.25) is 10.1 Å². The summed E-state index contributed by atoms with van der Waals surface area (Å²) in [6, 6.07) is 13.1. The standard InChI is InChI=1S/C14H10N2O3/c1-10-8-12(7-6-11(10)9-15)19-14-5-3-2-4-13(14)16(17)18/h2-8H,1H3. The minimum atomic E-state index is -0.494. The highest BCUT2D eigenvalue weighted by molar-refractivity contribution is 5.49. The van der Waals surface area contributed by atoms with Gasteiger partial charge in [0.1, 0.15) is 5.75 Å². The Kier molecular flexibility index (Phi) is 3.44. The molecule has 0 aliphatic heterocycles. The summed E-state index contributed by atoms with van der Waals surface area (Å²) in [5.74, 6) is 0.641. The summed E-state index contributed by atoms with van der Waals surface area (Å²) in [5.41, 5.74) is 1.22. The minimum Gasteiger partial charge on any atom is -0.450 e. The molecular formula is C14H10N2O3. The molecule has 0 aliphatic rings. The maximum absolute atomic E-state index is 10.9. The van der Waals surface area contributed by atoms with E-state index in [-0.39, 0.29) is 11.4 Å². The molecule has 0 spiro atoms. The van der Waals surface area contributed by atoms with E-state index in [1.165, 1.54) is 12.1 Å². The van der Waals surface area contributed by atoms with E-state index >= 15 is 0 Å². The zero-order valence-electron chi connectivity index (χ0n) is 10.2. The van der Waals surface area contributed by atoms with Gasteiger partial charge in [-0.2, -0.15) is 5.26 Å². The summed E-state index contributed by atoms with van der Waals surface area (Å²) in [7, 11) is 0. The van der Waals surface area contributed by atoms with Crippen molar-refractivity contribution in [3.8, 4) is 17.6 Å². The van der Waals surface area contributed by atoms with Gasteiger partial charge in [-0.1, -0.05) is 12.1 Å². The van der Waals surface area contributed by atoms with Gasteiger partial charge in [0.05, 0.1) is 16.6 Å². The molecule has 0 amide bonds. The molecule has 5 heteroatoms. The predicted molar refractivity (Wildman–Crippen MR) is 69.1 cm³/mol.